The summed E-state index contributed by atoms with van der Waals surface area (Å²) in [6, 6.07) is 11.4. The minimum absolute atomic E-state index is 0.0405. The van der Waals surface area contributed by atoms with Gasteiger partial charge in [-0.1, -0.05) is 30.0 Å². The maximum absolute atomic E-state index is 12.9. The number of rotatable bonds is 5. The van der Waals surface area contributed by atoms with Crippen LogP contribution in [-0.4, -0.2) is 21.9 Å². The number of carbonyl (C=O) groups is 1. The van der Waals surface area contributed by atoms with Crippen LogP contribution in [0.5, 0.6) is 5.75 Å². The molecule has 1 aromatic heterocycles. The molecular weight excluding hydrogens is 343 g/mol. The van der Waals surface area contributed by atoms with Crippen LogP contribution in [0.4, 0.5) is 4.39 Å². The van der Waals surface area contributed by atoms with Crippen LogP contribution in [0, 0.1) is 19.7 Å². The lowest BCUT2D eigenvalue weighted by atomic mass is 10.1. The first kappa shape index (κ1) is 17.2. The molecule has 3 rings (SSSR count). The first-order valence-electron chi connectivity index (χ1n) is 7.52. The first-order chi connectivity index (χ1) is 12.0. The van der Waals surface area contributed by atoms with Gasteiger partial charge in [-0.15, -0.1) is 10.2 Å². The second-order valence-electron chi connectivity index (χ2n) is 5.36. The highest BCUT2D eigenvalue weighted by Gasteiger charge is 2.14. The SMILES string of the molecule is Cc1cccc(C)c1OC(=O)CSc1nnc(-c2ccc(F)cc2)o1. The van der Waals surface area contributed by atoms with Crippen LogP contribution in [0.15, 0.2) is 52.1 Å². The molecule has 7 heteroatoms. The predicted octanol–water partition coefficient (Wildman–Crippen LogP) is 4.19. The minimum atomic E-state index is -0.399. The maximum atomic E-state index is 12.9. The van der Waals surface area contributed by atoms with E-state index in [9.17, 15) is 9.18 Å². The van der Waals surface area contributed by atoms with Crippen molar-refractivity contribution in [1.82, 2.24) is 10.2 Å². The topological polar surface area (TPSA) is 65.2 Å². The standard InChI is InChI=1S/C18H15FN2O3S/c1-11-4-3-5-12(2)16(11)23-15(22)10-25-18-21-20-17(24-18)13-6-8-14(19)9-7-13/h3-9H,10H2,1-2H3. The van der Waals surface area contributed by atoms with Gasteiger partial charge in [0, 0.05) is 5.56 Å². The zero-order valence-electron chi connectivity index (χ0n) is 13.7. The number of aryl methyl sites for hydroxylation is 2. The van der Waals surface area contributed by atoms with Gasteiger partial charge >= 0.3 is 5.97 Å². The van der Waals surface area contributed by atoms with E-state index in [0.29, 0.717) is 11.3 Å². The number of aromatic nitrogens is 2. The van der Waals surface area contributed by atoms with Crippen molar-refractivity contribution >= 4 is 17.7 Å². The molecule has 0 atom stereocenters. The Morgan fingerprint density at radius 3 is 2.48 bits per heavy atom. The fourth-order valence-electron chi connectivity index (χ4n) is 2.20. The molecule has 0 radical (unpaired) electrons. The first-order valence-corrected chi connectivity index (χ1v) is 8.50. The van der Waals surface area contributed by atoms with Gasteiger partial charge in [0.25, 0.3) is 5.22 Å². The van der Waals surface area contributed by atoms with Gasteiger partial charge in [-0.3, -0.25) is 4.79 Å². The minimum Gasteiger partial charge on any atom is -0.425 e. The second-order valence-corrected chi connectivity index (χ2v) is 6.29. The summed E-state index contributed by atoms with van der Waals surface area (Å²) in [7, 11) is 0. The van der Waals surface area contributed by atoms with E-state index in [1.807, 2.05) is 32.0 Å². The number of thioether (sulfide) groups is 1. The smallest absolute Gasteiger partial charge is 0.321 e. The normalized spacial score (nSPS) is 10.7. The molecule has 2 aromatic carbocycles. The van der Waals surface area contributed by atoms with Gasteiger partial charge in [-0.25, -0.2) is 4.39 Å². The third kappa shape index (κ3) is 4.24. The van der Waals surface area contributed by atoms with E-state index in [1.165, 1.54) is 12.1 Å². The largest absolute Gasteiger partial charge is 0.425 e. The van der Waals surface area contributed by atoms with Crippen molar-refractivity contribution in [2.45, 2.75) is 19.1 Å². The zero-order valence-corrected chi connectivity index (χ0v) is 14.5. The molecule has 1 heterocycles. The summed E-state index contributed by atoms with van der Waals surface area (Å²) in [6.07, 6.45) is 0. The monoisotopic (exact) mass is 358 g/mol. The number of para-hydroxylation sites is 1. The van der Waals surface area contributed by atoms with Crippen molar-refractivity contribution in [3.63, 3.8) is 0 Å². The van der Waals surface area contributed by atoms with Crippen molar-refractivity contribution in [3.8, 4) is 17.2 Å². The average Bonchev–Trinajstić information content (AvgIpc) is 3.06. The molecular formula is C18H15FN2O3S. The lowest BCUT2D eigenvalue weighted by Gasteiger charge is -2.09. The molecule has 128 valence electrons. The Balaban J connectivity index is 1.60. The summed E-state index contributed by atoms with van der Waals surface area (Å²) in [4.78, 5) is 12.0. The highest BCUT2D eigenvalue weighted by atomic mass is 32.2. The van der Waals surface area contributed by atoms with Crippen molar-refractivity contribution in [2.24, 2.45) is 0 Å². The van der Waals surface area contributed by atoms with Gasteiger partial charge < -0.3 is 9.15 Å². The van der Waals surface area contributed by atoms with E-state index >= 15 is 0 Å². The zero-order chi connectivity index (χ0) is 17.8. The number of esters is 1. The number of carbonyl (C=O) groups excluding carboxylic acids is 1. The van der Waals surface area contributed by atoms with E-state index in [2.05, 4.69) is 10.2 Å². The van der Waals surface area contributed by atoms with Crippen molar-refractivity contribution in [2.75, 3.05) is 5.75 Å². The van der Waals surface area contributed by atoms with E-state index in [-0.39, 0.29) is 22.7 Å². The molecule has 0 bridgehead atoms. The van der Waals surface area contributed by atoms with Gasteiger partial charge in [0.05, 0.1) is 0 Å². The Bertz CT molecular complexity index is 873. The maximum Gasteiger partial charge on any atom is 0.321 e. The average molecular weight is 358 g/mol. The molecule has 0 saturated carbocycles. The second kappa shape index (κ2) is 7.48. The van der Waals surface area contributed by atoms with Crippen LogP contribution in [0.1, 0.15) is 11.1 Å². The molecule has 3 aromatic rings. The Hall–Kier alpha value is -2.67. The van der Waals surface area contributed by atoms with E-state index in [0.717, 1.165) is 22.9 Å². The number of hydrogen-bond donors (Lipinski definition) is 0. The van der Waals surface area contributed by atoms with Crippen LogP contribution in [0.25, 0.3) is 11.5 Å². The Labute approximate surface area is 148 Å². The third-order valence-corrected chi connectivity index (χ3v) is 4.23. The Kier molecular flexibility index (Phi) is 5.14. The summed E-state index contributed by atoms with van der Waals surface area (Å²) in [5, 5.41) is 8.02. The molecule has 25 heavy (non-hydrogen) atoms. The van der Waals surface area contributed by atoms with Crippen LogP contribution in [0.3, 0.4) is 0 Å². The van der Waals surface area contributed by atoms with Crippen molar-refractivity contribution in [1.29, 1.82) is 0 Å². The molecule has 0 saturated heterocycles. The summed E-state index contributed by atoms with van der Waals surface area (Å²) in [5.74, 6) is 0.144. The summed E-state index contributed by atoms with van der Waals surface area (Å²) >= 11 is 1.09. The van der Waals surface area contributed by atoms with Crippen LogP contribution in [0.2, 0.25) is 0 Å². The third-order valence-electron chi connectivity index (χ3n) is 3.44. The molecule has 0 spiro atoms. The molecule has 0 aliphatic rings. The number of ether oxygens (including phenoxy) is 1. The fraction of sp³-hybridized carbons (Fsp3) is 0.167. The molecule has 0 fully saturated rings. The number of nitrogens with zero attached hydrogens (tertiary/aromatic N) is 2. The van der Waals surface area contributed by atoms with Crippen molar-refractivity contribution in [3.05, 3.63) is 59.4 Å². The lowest BCUT2D eigenvalue weighted by Crippen LogP contribution is -2.12. The van der Waals surface area contributed by atoms with Crippen molar-refractivity contribution < 1.29 is 18.3 Å². The summed E-state index contributed by atoms with van der Waals surface area (Å²) in [5.41, 5.74) is 2.41. The van der Waals surface area contributed by atoms with Crippen LogP contribution >= 0.6 is 11.8 Å². The fourth-order valence-corrected chi connectivity index (χ4v) is 2.74. The van der Waals surface area contributed by atoms with E-state index in [4.69, 9.17) is 9.15 Å². The number of benzene rings is 2. The highest BCUT2D eigenvalue weighted by Crippen LogP contribution is 2.25. The number of hydrogen-bond acceptors (Lipinski definition) is 6. The Morgan fingerprint density at radius 1 is 1.12 bits per heavy atom. The molecule has 0 aliphatic heterocycles. The quantitative estimate of drug-likeness (QED) is 0.387. The predicted molar refractivity (Wildman–Crippen MR) is 92.0 cm³/mol. The summed E-state index contributed by atoms with van der Waals surface area (Å²) in [6.45, 7) is 3.77. The molecule has 0 unspecified atom stereocenters. The van der Waals surface area contributed by atoms with E-state index in [1.54, 1.807) is 12.1 Å². The summed E-state index contributed by atoms with van der Waals surface area (Å²) < 4.78 is 23.8. The number of halogens is 1. The lowest BCUT2D eigenvalue weighted by molar-refractivity contribution is -0.131. The van der Waals surface area contributed by atoms with Gasteiger partial charge in [-0.05, 0) is 49.2 Å². The van der Waals surface area contributed by atoms with Crippen LogP contribution < -0.4 is 4.74 Å². The molecule has 0 aliphatic carbocycles. The van der Waals surface area contributed by atoms with Gasteiger partial charge in [-0.2, -0.15) is 0 Å². The Morgan fingerprint density at radius 2 is 1.80 bits per heavy atom. The van der Waals surface area contributed by atoms with E-state index < -0.39 is 5.97 Å². The molecule has 0 N–H and O–H groups in total. The van der Waals surface area contributed by atoms with Gasteiger partial charge in [0.1, 0.15) is 17.3 Å². The highest BCUT2D eigenvalue weighted by molar-refractivity contribution is 7.99. The van der Waals surface area contributed by atoms with Crippen LogP contribution in [-0.2, 0) is 4.79 Å². The molecule has 0 amide bonds. The van der Waals surface area contributed by atoms with Gasteiger partial charge in [0.15, 0.2) is 0 Å². The molecule has 5 nitrogen and oxygen atoms in total. The van der Waals surface area contributed by atoms with Gasteiger partial charge in [0.2, 0.25) is 5.89 Å².